The third-order valence-electron chi connectivity index (χ3n) is 3.89. The number of likely N-dealkylation sites (N-methyl/N-ethyl adjacent to an activating group) is 1. The Labute approximate surface area is 124 Å². The molecule has 1 aliphatic rings. The molecule has 3 N–H and O–H groups in total. The second-order valence-electron chi connectivity index (χ2n) is 5.85. The maximum Gasteiger partial charge on any atom is 0.188 e. The van der Waals surface area contributed by atoms with E-state index in [0.29, 0.717) is 11.9 Å². The zero-order valence-electron chi connectivity index (χ0n) is 13.6. The van der Waals surface area contributed by atoms with Crippen molar-refractivity contribution in [1.29, 1.82) is 0 Å². The van der Waals surface area contributed by atoms with Crippen LogP contribution in [0.4, 0.5) is 0 Å². The van der Waals surface area contributed by atoms with Crippen LogP contribution in [0.1, 0.15) is 33.6 Å². The summed E-state index contributed by atoms with van der Waals surface area (Å²) in [5, 5.41) is 3.16. The van der Waals surface area contributed by atoms with Crippen LogP contribution in [0.3, 0.4) is 0 Å². The number of aliphatic imine (C=N–C) groups is 1. The monoisotopic (exact) mass is 283 g/mol. The van der Waals surface area contributed by atoms with Gasteiger partial charge in [-0.25, -0.2) is 0 Å². The molecule has 0 radical (unpaired) electrons. The lowest BCUT2D eigenvalue weighted by Gasteiger charge is -2.35. The van der Waals surface area contributed by atoms with Crippen LogP contribution in [-0.4, -0.2) is 68.1 Å². The van der Waals surface area contributed by atoms with Crippen molar-refractivity contribution in [1.82, 2.24) is 15.1 Å². The number of rotatable bonds is 8. The van der Waals surface area contributed by atoms with E-state index in [1.807, 2.05) is 0 Å². The predicted octanol–water partition coefficient (Wildman–Crippen LogP) is 0.964. The molecule has 1 fully saturated rings. The summed E-state index contributed by atoms with van der Waals surface area (Å²) in [7, 11) is 0. The molecule has 0 aliphatic carbocycles. The van der Waals surface area contributed by atoms with Crippen molar-refractivity contribution < 1.29 is 0 Å². The molecule has 1 heterocycles. The number of hydrogen-bond acceptors (Lipinski definition) is 3. The topological polar surface area (TPSA) is 56.9 Å². The molecule has 1 saturated heterocycles. The highest BCUT2D eigenvalue weighted by molar-refractivity contribution is 5.77. The highest BCUT2D eigenvalue weighted by Gasteiger charge is 2.17. The van der Waals surface area contributed by atoms with Gasteiger partial charge in [-0.3, -0.25) is 4.99 Å². The summed E-state index contributed by atoms with van der Waals surface area (Å²) in [4.78, 5) is 9.50. The van der Waals surface area contributed by atoms with Gasteiger partial charge < -0.3 is 20.9 Å². The number of unbranched alkanes of at least 4 members (excludes halogenated alkanes) is 1. The van der Waals surface area contributed by atoms with Crippen molar-refractivity contribution in [3.63, 3.8) is 0 Å². The van der Waals surface area contributed by atoms with Crippen LogP contribution >= 0.6 is 0 Å². The molecule has 0 spiro atoms. The van der Waals surface area contributed by atoms with Gasteiger partial charge in [0.2, 0.25) is 0 Å². The first-order chi connectivity index (χ1) is 9.65. The zero-order valence-corrected chi connectivity index (χ0v) is 13.6. The van der Waals surface area contributed by atoms with Crippen LogP contribution in [0, 0.1) is 5.92 Å². The third kappa shape index (κ3) is 7.10. The molecule has 0 bridgehead atoms. The van der Waals surface area contributed by atoms with Crippen LogP contribution in [0.2, 0.25) is 0 Å². The highest BCUT2D eigenvalue weighted by Crippen LogP contribution is 2.05. The Morgan fingerprint density at radius 2 is 1.85 bits per heavy atom. The van der Waals surface area contributed by atoms with Crippen LogP contribution < -0.4 is 11.1 Å². The molecule has 20 heavy (non-hydrogen) atoms. The Balaban J connectivity index is 2.16. The third-order valence-corrected chi connectivity index (χ3v) is 3.89. The minimum absolute atomic E-state index is 0.565. The summed E-state index contributed by atoms with van der Waals surface area (Å²) in [6.45, 7) is 15.5. The summed E-state index contributed by atoms with van der Waals surface area (Å²) in [5.41, 5.74) is 5.85. The Kier molecular flexibility index (Phi) is 8.62. The second-order valence-corrected chi connectivity index (χ2v) is 5.85. The summed E-state index contributed by atoms with van der Waals surface area (Å²) < 4.78 is 0. The molecule has 0 saturated carbocycles. The molecule has 0 aromatic carbocycles. The van der Waals surface area contributed by atoms with Gasteiger partial charge in [0.15, 0.2) is 5.96 Å². The van der Waals surface area contributed by atoms with E-state index >= 15 is 0 Å². The summed E-state index contributed by atoms with van der Waals surface area (Å²) in [6.07, 6.45) is 2.33. The van der Waals surface area contributed by atoms with Gasteiger partial charge in [-0.05, 0) is 18.9 Å². The zero-order chi connectivity index (χ0) is 14.8. The fourth-order valence-electron chi connectivity index (χ4n) is 2.49. The van der Waals surface area contributed by atoms with Gasteiger partial charge in [0.25, 0.3) is 0 Å². The summed E-state index contributed by atoms with van der Waals surface area (Å²) in [5.74, 6) is 1.16. The van der Waals surface area contributed by atoms with Gasteiger partial charge in [-0.2, -0.15) is 0 Å². The molecule has 1 aliphatic heterocycles. The summed E-state index contributed by atoms with van der Waals surface area (Å²) in [6, 6.07) is 0. The van der Waals surface area contributed by atoms with Gasteiger partial charge in [0, 0.05) is 45.8 Å². The second kappa shape index (κ2) is 10.00. The van der Waals surface area contributed by atoms with Gasteiger partial charge in [0.05, 0.1) is 0 Å². The molecular formula is C15H33N5. The van der Waals surface area contributed by atoms with E-state index in [9.17, 15) is 0 Å². The maximum atomic E-state index is 5.85. The first-order valence-electron chi connectivity index (χ1n) is 8.14. The molecule has 0 aromatic rings. The number of nitrogens with zero attached hydrogens (tertiary/aromatic N) is 3. The van der Waals surface area contributed by atoms with E-state index in [-0.39, 0.29) is 0 Å². The molecule has 1 rings (SSSR count). The largest absolute Gasteiger partial charge is 0.370 e. The Morgan fingerprint density at radius 3 is 2.45 bits per heavy atom. The summed E-state index contributed by atoms with van der Waals surface area (Å²) >= 11 is 0. The maximum absolute atomic E-state index is 5.85. The van der Waals surface area contributed by atoms with Crippen molar-refractivity contribution in [2.24, 2.45) is 16.6 Å². The lowest BCUT2D eigenvalue weighted by Crippen LogP contribution is -2.47. The predicted molar refractivity (Wildman–Crippen MR) is 87.1 cm³/mol. The van der Waals surface area contributed by atoms with E-state index in [2.05, 4.69) is 40.9 Å². The van der Waals surface area contributed by atoms with Crippen molar-refractivity contribution in [3.05, 3.63) is 0 Å². The number of hydrogen-bond donors (Lipinski definition) is 2. The van der Waals surface area contributed by atoms with Crippen molar-refractivity contribution in [2.45, 2.75) is 33.6 Å². The normalized spacial score (nSPS) is 20.1. The molecule has 5 nitrogen and oxygen atoms in total. The molecule has 118 valence electrons. The minimum Gasteiger partial charge on any atom is -0.370 e. The smallest absolute Gasteiger partial charge is 0.188 e. The van der Waals surface area contributed by atoms with Crippen LogP contribution in [0.25, 0.3) is 0 Å². The van der Waals surface area contributed by atoms with E-state index < -0.39 is 0 Å². The Bertz CT molecular complexity index is 271. The van der Waals surface area contributed by atoms with Gasteiger partial charge >= 0.3 is 0 Å². The van der Waals surface area contributed by atoms with Crippen molar-refractivity contribution in [2.75, 3.05) is 52.4 Å². The van der Waals surface area contributed by atoms with Crippen LogP contribution in [0.5, 0.6) is 0 Å². The van der Waals surface area contributed by atoms with Crippen molar-refractivity contribution >= 4 is 5.96 Å². The average molecular weight is 283 g/mol. The SMILES string of the molecule is CCCCNC(N)=NCC(C)CN1CCN(CC)CC1. The van der Waals surface area contributed by atoms with Gasteiger partial charge in [-0.1, -0.05) is 27.2 Å². The fourth-order valence-corrected chi connectivity index (χ4v) is 2.49. The van der Waals surface area contributed by atoms with Crippen LogP contribution in [-0.2, 0) is 0 Å². The molecule has 5 heteroatoms. The number of nitrogens with two attached hydrogens (primary N) is 1. The van der Waals surface area contributed by atoms with Gasteiger partial charge in [0.1, 0.15) is 0 Å². The average Bonchev–Trinajstić information content (AvgIpc) is 2.46. The Morgan fingerprint density at radius 1 is 1.20 bits per heavy atom. The van der Waals surface area contributed by atoms with Crippen molar-refractivity contribution in [3.8, 4) is 0 Å². The number of nitrogens with one attached hydrogen (secondary N) is 1. The van der Waals surface area contributed by atoms with E-state index in [4.69, 9.17) is 5.73 Å². The van der Waals surface area contributed by atoms with E-state index in [1.54, 1.807) is 0 Å². The van der Waals surface area contributed by atoms with Crippen LogP contribution in [0.15, 0.2) is 4.99 Å². The lowest BCUT2D eigenvalue weighted by atomic mass is 10.1. The highest BCUT2D eigenvalue weighted by atomic mass is 15.3. The number of guanidine groups is 1. The lowest BCUT2D eigenvalue weighted by molar-refractivity contribution is 0.125. The Hall–Kier alpha value is -0.810. The fraction of sp³-hybridized carbons (Fsp3) is 0.933. The first kappa shape index (κ1) is 17.2. The number of piperazine rings is 1. The standard InChI is InChI=1S/C15H33N5/c1-4-6-7-17-15(16)18-12-14(3)13-20-10-8-19(5-2)9-11-20/h14H,4-13H2,1-3H3,(H3,16,17,18). The quantitative estimate of drug-likeness (QED) is 0.396. The molecular weight excluding hydrogens is 250 g/mol. The minimum atomic E-state index is 0.565. The van der Waals surface area contributed by atoms with E-state index in [1.165, 1.54) is 39.1 Å². The molecule has 0 aromatic heterocycles. The molecule has 1 atom stereocenters. The van der Waals surface area contributed by atoms with Gasteiger partial charge in [-0.15, -0.1) is 0 Å². The first-order valence-corrected chi connectivity index (χ1v) is 8.14. The molecule has 0 amide bonds. The molecule has 1 unspecified atom stereocenters. The van der Waals surface area contributed by atoms with E-state index in [0.717, 1.165) is 26.1 Å².